The van der Waals surface area contributed by atoms with Gasteiger partial charge in [0.2, 0.25) is 0 Å². The molecule has 1 aromatic carbocycles. The van der Waals surface area contributed by atoms with Gasteiger partial charge in [0.1, 0.15) is 5.60 Å². The summed E-state index contributed by atoms with van der Waals surface area (Å²) in [5, 5.41) is 10.3. The second-order valence-electron chi connectivity index (χ2n) is 4.94. The van der Waals surface area contributed by atoms with E-state index >= 15 is 0 Å². The van der Waals surface area contributed by atoms with Crippen molar-refractivity contribution in [2.45, 2.75) is 47.1 Å². The van der Waals surface area contributed by atoms with Crippen LogP contribution in [0.2, 0.25) is 0 Å². The van der Waals surface area contributed by atoms with Gasteiger partial charge >= 0.3 is 6.09 Å². The summed E-state index contributed by atoms with van der Waals surface area (Å²) in [6.45, 7) is 11.1. The lowest BCUT2D eigenvalue weighted by molar-refractivity contribution is 0.0636. The molecule has 4 nitrogen and oxygen atoms in total. The van der Waals surface area contributed by atoms with Crippen LogP contribution in [0.15, 0.2) is 22.7 Å². The highest BCUT2D eigenvalue weighted by Gasteiger charge is 2.17. The van der Waals surface area contributed by atoms with E-state index in [0.29, 0.717) is 17.0 Å². The first-order chi connectivity index (χ1) is 9.19. The van der Waals surface area contributed by atoms with Gasteiger partial charge in [-0.25, -0.2) is 4.79 Å². The van der Waals surface area contributed by atoms with E-state index in [1.807, 2.05) is 13.8 Å². The SMILES string of the molecule is CC.CC(=N)c1cc(Br)ccc1NC(=O)OC(C)(C)C. The molecule has 5 heteroatoms. The summed E-state index contributed by atoms with van der Waals surface area (Å²) in [6.07, 6.45) is -0.521. The molecular formula is C15H23BrN2O2. The first-order valence-electron chi connectivity index (χ1n) is 6.54. The van der Waals surface area contributed by atoms with Gasteiger partial charge in [0.25, 0.3) is 0 Å². The van der Waals surface area contributed by atoms with E-state index < -0.39 is 11.7 Å². The van der Waals surface area contributed by atoms with E-state index in [1.54, 1.807) is 45.9 Å². The average Bonchev–Trinajstić information content (AvgIpc) is 2.31. The number of ether oxygens (including phenoxy) is 1. The van der Waals surface area contributed by atoms with Gasteiger partial charge in [-0.2, -0.15) is 0 Å². The third-order valence-electron chi connectivity index (χ3n) is 2.02. The average molecular weight is 343 g/mol. The maximum atomic E-state index is 11.7. The van der Waals surface area contributed by atoms with Crippen LogP contribution in [0.5, 0.6) is 0 Å². The number of amides is 1. The van der Waals surface area contributed by atoms with Crippen LogP contribution in [-0.2, 0) is 4.74 Å². The Bertz CT molecular complexity index is 479. The maximum Gasteiger partial charge on any atom is 0.412 e. The van der Waals surface area contributed by atoms with Gasteiger partial charge in [-0.3, -0.25) is 5.32 Å². The smallest absolute Gasteiger partial charge is 0.412 e. The molecule has 0 spiro atoms. The Balaban J connectivity index is 0.00000172. The van der Waals surface area contributed by atoms with Crippen molar-refractivity contribution in [1.29, 1.82) is 5.41 Å². The third kappa shape index (κ3) is 6.70. The summed E-state index contributed by atoms with van der Waals surface area (Å²) < 4.78 is 6.03. The number of hydrogen-bond donors (Lipinski definition) is 2. The number of halogens is 1. The number of carbonyl (C=O) groups excluding carboxylic acids is 1. The quantitative estimate of drug-likeness (QED) is 0.724. The van der Waals surface area contributed by atoms with Crippen molar-refractivity contribution in [3.8, 4) is 0 Å². The van der Waals surface area contributed by atoms with E-state index in [9.17, 15) is 4.79 Å². The Morgan fingerprint density at radius 2 is 1.85 bits per heavy atom. The first-order valence-corrected chi connectivity index (χ1v) is 7.33. The molecule has 0 unspecified atom stereocenters. The number of anilines is 1. The molecule has 0 fully saturated rings. The molecule has 0 aromatic heterocycles. The minimum atomic E-state index is -0.542. The van der Waals surface area contributed by atoms with Crippen LogP contribution in [0, 0.1) is 5.41 Å². The maximum absolute atomic E-state index is 11.7. The highest BCUT2D eigenvalue weighted by molar-refractivity contribution is 9.10. The Labute approximate surface area is 129 Å². The second kappa shape index (κ2) is 8.04. The van der Waals surface area contributed by atoms with Crippen molar-refractivity contribution in [2.75, 3.05) is 5.32 Å². The zero-order valence-electron chi connectivity index (χ0n) is 12.9. The van der Waals surface area contributed by atoms with Gasteiger partial charge in [0.15, 0.2) is 0 Å². The lowest BCUT2D eigenvalue weighted by Gasteiger charge is -2.20. The molecule has 0 aliphatic carbocycles. The van der Waals surface area contributed by atoms with E-state index in [4.69, 9.17) is 10.1 Å². The molecule has 0 radical (unpaired) electrons. The zero-order valence-corrected chi connectivity index (χ0v) is 14.5. The van der Waals surface area contributed by atoms with Crippen LogP contribution in [-0.4, -0.2) is 17.4 Å². The lowest BCUT2D eigenvalue weighted by Crippen LogP contribution is -2.27. The van der Waals surface area contributed by atoms with Crippen molar-refractivity contribution in [3.63, 3.8) is 0 Å². The molecule has 1 amide bonds. The number of rotatable bonds is 2. The number of nitrogens with one attached hydrogen (secondary N) is 2. The van der Waals surface area contributed by atoms with Gasteiger partial charge in [0, 0.05) is 15.7 Å². The number of hydrogen-bond acceptors (Lipinski definition) is 3. The van der Waals surface area contributed by atoms with Gasteiger partial charge in [-0.1, -0.05) is 29.8 Å². The summed E-state index contributed by atoms with van der Waals surface area (Å²) in [7, 11) is 0. The topological polar surface area (TPSA) is 62.2 Å². The number of benzene rings is 1. The Kier molecular flexibility index (Phi) is 7.50. The Hall–Kier alpha value is -1.36. The lowest BCUT2D eigenvalue weighted by atomic mass is 10.1. The van der Waals surface area contributed by atoms with Crippen molar-refractivity contribution in [3.05, 3.63) is 28.2 Å². The summed E-state index contributed by atoms with van der Waals surface area (Å²) in [4.78, 5) is 11.7. The minimum absolute atomic E-state index is 0.377. The van der Waals surface area contributed by atoms with Crippen LogP contribution in [0.25, 0.3) is 0 Å². The molecule has 0 saturated carbocycles. The van der Waals surface area contributed by atoms with Gasteiger partial charge in [0.05, 0.1) is 5.69 Å². The molecule has 1 aromatic rings. The van der Waals surface area contributed by atoms with Crippen molar-refractivity contribution < 1.29 is 9.53 Å². The van der Waals surface area contributed by atoms with Crippen LogP contribution in [0.3, 0.4) is 0 Å². The molecule has 0 heterocycles. The highest BCUT2D eigenvalue weighted by atomic mass is 79.9. The van der Waals surface area contributed by atoms with Gasteiger partial charge < -0.3 is 10.1 Å². The van der Waals surface area contributed by atoms with E-state index in [1.165, 1.54) is 0 Å². The van der Waals surface area contributed by atoms with Gasteiger partial charge in [-0.15, -0.1) is 0 Å². The van der Waals surface area contributed by atoms with E-state index in [2.05, 4.69) is 21.2 Å². The summed E-state index contributed by atoms with van der Waals surface area (Å²) in [5.74, 6) is 0. The summed E-state index contributed by atoms with van der Waals surface area (Å²) in [5.41, 5.74) is 1.07. The second-order valence-corrected chi connectivity index (χ2v) is 5.86. The van der Waals surface area contributed by atoms with Crippen molar-refractivity contribution >= 4 is 33.4 Å². The summed E-state index contributed by atoms with van der Waals surface area (Å²) in [6, 6.07) is 5.33. The molecule has 0 aliphatic rings. The fraction of sp³-hybridized carbons (Fsp3) is 0.467. The van der Waals surface area contributed by atoms with Crippen LogP contribution in [0.1, 0.15) is 47.1 Å². The highest BCUT2D eigenvalue weighted by Crippen LogP contribution is 2.22. The molecule has 0 saturated heterocycles. The van der Waals surface area contributed by atoms with Crippen molar-refractivity contribution in [1.82, 2.24) is 0 Å². The standard InChI is InChI=1S/C13H17BrN2O2.C2H6/c1-8(15)10-7-9(14)5-6-11(10)16-12(17)18-13(2,3)4;1-2/h5-7,15H,1-4H3,(H,16,17);1-2H3. The molecule has 20 heavy (non-hydrogen) atoms. The largest absolute Gasteiger partial charge is 0.444 e. The molecule has 0 aliphatic heterocycles. The monoisotopic (exact) mass is 342 g/mol. The first kappa shape index (κ1) is 18.6. The van der Waals surface area contributed by atoms with E-state index in [-0.39, 0.29) is 0 Å². The predicted molar refractivity (Wildman–Crippen MR) is 87.8 cm³/mol. The fourth-order valence-corrected chi connectivity index (χ4v) is 1.71. The van der Waals surface area contributed by atoms with E-state index in [0.717, 1.165) is 4.47 Å². The van der Waals surface area contributed by atoms with Crippen LogP contribution in [0.4, 0.5) is 10.5 Å². The fourth-order valence-electron chi connectivity index (χ4n) is 1.35. The zero-order chi connectivity index (χ0) is 15.9. The number of carbonyl (C=O) groups is 1. The summed E-state index contributed by atoms with van der Waals surface area (Å²) >= 11 is 3.34. The third-order valence-corrected chi connectivity index (χ3v) is 2.51. The van der Waals surface area contributed by atoms with Crippen LogP contribution >= 0.6 is 15.9 Å². The molecular weight excluding hydrogens is 320 g/mol. The molecule has 112 valence electrons. The Morgan fingerprint density at radius 1 is 1.30 bits per heavy atom. The molecule has 2 N–H and O–H groups in total. The predicted octanol–water partition coefficient (Wildman–Crippen LogP) is 5.21. The molecule has 1 rings (SSSR count). The van der Waals surface area contributed by atoms with Crippen LogP contribution < -0.4 is 5.32 Å². The Morgan fingerprint density at radius 3 is 2.30 bits per heavy atom. The normalized spacial score (nSPS) is 10.2. The van der Waals surface area contributed by atoms with Gasteiger partial charge in [-0.05, 0) is 45.9 Å². The minimum Gasteiger partial charge on any atom is -0.444 e. The molecule has 0 bridgehead atoms. The molecule has 0 atom stereocenters. The van der Waals surface area contributed by atoms with Crippen molar-refractivity contribution in [2.24, 2.45) is 0 Å².